The lowest BCUT2D eigenvalue weighted by Crippen LogP contribution is -2.15. The summed E-state index contributed by atoms with van der Waals surface area (Å²) in [5.41, 5.74) is 2.00. The van der Waals surface area contributed by atoms with E-state index in [0.717, 1.165) is 22.2 Å². The molecule has 0 bridgehead atoms. The Kier molecular flexibility index (Phi) is 4.57. The molecule has 0 aliphatic heterocycles. The van der Waals surface area contributed by atoms with E-state index in [1.807, 2.05) is 67.6 Å². The van der Waals surface area contributed by atoms with E-state index in [1.54, 1.807) is 0 Å². The quantitative estimate of drug-likeness (QED) is 0.750. The molecule has 0 aliphatic carbocycles. The summed E-state index contributed by atoms with van der Waals surface area (Å²) in [6, 6.07) is 21.8. The SMILES string of the molecule is Cc1ccc(OCCC(=O)Nc2ccc3ccccc3c2)cc1. The fourth-order valence-corrected chi connectivity index (χ4v) is 2.39. The van der Waals surface area contributed by atoms with Crippen LogP contribution in [0.4, 0.5) is 5.69 Å². The van der Waals surface area contributed by atoms with Crippen molar-refractivity contribution in [2.24, 2.45) is 0 Å². The van der Waals surface area contributed by atoms with E-state index in [2.05, 4.69) is 11.4 Å². The summed E-state index contributed by atoms with van der Waals surface area (Å²) in [6.07, 6.45) is 0.320. The molecule has 0 spiro atoms. The first kappa shape index (κ1) is 15.1. The van der Waals surface area contributed by atoms with Crippen LogP contribution in [0.2, 0.25) is 0 Å². The van der Waals surface area contributed by atoms with Gasteiger partial charge >= 0.3 is 0 Å². The highest BCUT2D eigenvalue weighted by Crippen LogP contribution is 2.19. The molecule has 23 heavy (non-hydrogen) atoms. The van der Waals surface area contributed by atoms with Crippen LogP contribution < -0.4 is 10.1 Å². The van der Waals surface area contributed by atoms with Gasteiger partial charge in [-0.1, -0.05) is 48.0 Å². The number of carbonyl (C=O) groups excluding carboxylic acids is 1. The van der Waals surface area contributed by atoms with Crippen LogP contribution in [0.5, 0.6) is 5.75 Å². The highest BCUT2D eigenvalue weighted by Gasteiger charge is 2.04. The van der Waals surface area contributed by atoms with Gasteiger partial charge in [-0.3, -0.25) is 4.79 Å². The molecule has 0 aromatic heterocycles. The maximum Gasteiger partial charge on any atom is 0.227 e. The van der Waals surface area contributed by atoms with Gasteiger partial charge < -0.3 is 10.1 Å². The van der Waals surface area contributed by atoms with Gasteiger partial charge in [0.15, 0.2) is 0 Å². The fourth-order valence-electron chi connectivity index (χ4n) is 2.39. The molecule has 1 amide bonds. The van der Waals surface area contributed by atoms with E-state index in [4.69, 9.17) is 4.74 Å². The highest BCUT2D eigenvalue weighted by atomic mass is 16.5. The summed E-state index contributed by atoms with van der Waals surface area (Å²) in [7, 11) is 0. The first-order valence-electron chi connectivity index (χ1n) is 7.69. The molecule has 3 rings (SSSR count). The summed E-state index contributed by atoms with van der Waals surface area (Å²) >= 11 is 0. The van der Waals surface area contributed by atoms with Crippen LogP contribution in [-0.4, -0.2) is 12.5 Å². The molecule has 0 fully saturated rings. The van der Waals surface area contributed by atoms with Crippen molar-refractivity contribution in [1.82, 2.24) is 0 Å². The fraction of sp³-hybridized carbons (Fsp3) is 0.150. The lowest BCUT2D eigenvalue weighted by molar-refractivity contribution is -0.116. The monoisotopic (exact) mass is 305 g/mol. The first-order chi connectivity index (χ1) is 11.2. The molecule has 116 valence electrons. The van der Waals surface area contributed by atoms with E-state index < -0.39 is 0 Å². The van der Waals surface area contributed by atoms with Gasteiger partial charge in [-0.2, -0.15) is 0 Å². The minimum Gasteiger partial charge on any atom is -0.493 e. The number of hydrogen-bond acceptors (Lipinski definition) is 2. The van der Waals surface area contributed by atoms with Gasteiger partial charge in [-0.05, 0) is 42.0 Å². The molecular weight excluding hydrogens is 286 g/mol. The first-order valence-corrected chi connectivity index (χ1v) is 7.69. The van der Waals surface area contributed by atoms with Crippen molar-refractivity contribution >= 4 is 22.4 Å². The van der Waals surface area contributed by atoms with Crippen LogP contribution >= 0.6 is 0 Å². The van der Waals surface area contributed by atoms with Gasteiger partial charge in [-0.15, -0.1) is 0 Å². The number of rotatable bonds is 5. The highest BCUT2D eigenvalue weighted by molar-refractivity contribution is 5.94. The molecule has 3 nitrogen and oxygen atoms in total. The Bertz CT molecular complexity index is 809. The smallest absolute Gasteiger partial charge is 0.227 e. The molecule has 3 aromatic carbocycles. The van der Waals surface area contributed by atoms with Crippen LogP contribution in [0.25, 0.3) is 10.8 Å². The van der Waals surface area contributed by atoms with Crippen LogP contribution in [0.15, 0.2) is 66.7 Å². The van der Waals surface area contributed by atoms with E-state index in [0.29, 0.717) is 13.0 Å². The van der Waals surface area contributed by atoms with Crippen LogP contribution in [-0.2, 0) is 4.79 Å². The lowest BCUT2D eigenvalue weighted by Gasteiger charge is -2.08. The zero-order valence-corrected chi connectivity index (χ0v) is 13.1. The standard InChI is InChI=1S/C20H19NO2/c1-15-6-10-19(11-7-15)23-13-12-20(22)21-18-9-8-16-4-2-3-5-17(16)14-18/h2-11,14H,12-13H2,1H3,(H,21,22). The Balaban J connectivity index is 1.53. The van der Waals surface area contributed by atoms with Crippen molar-refractivity contribution in [1.29, 1.82) is 0 Å². The van der Waals surface area contributed by atoms with Crippen molar-refractivity contribution in [2.75, 3.05) is 11.9 Å². The van der Waals surface area contributed by atoms with E-state index in [1.165, 1.54) is 5.56 Å². The van der Waals surface area contributed by atoms with Crippen LogP contribution in [0.1, 0.15) is 12.0 Å². The number of aryl methyl sites for hydroxylation is 1. The van der Waals surface area contributed by atoms with Crippen molar-refractivity contribution in [3.05, 3.63) is 72.3 Å². The van der Waals surface area contributed by atoms with Gasteiger partial charge in [0.2, 0.25) is 5.91 Å². The van der Waals surface area contributed by atoms with E-state index >= 15 is 0 Å². The minimum atomic E-state index is -0.0487. The second-order valence-corrected chi connectivity index (χ2v) is 5.52. The molecule has 3 aromatic rings. The van der Waals surface area contributed by atoms with Gasteiger partial charge in [-0.25, -0.2) is 0 Å². The third kappa shape index (κ3) is 4.10. The molecule has 0 radical (unpaired) electrons. The van der Waals surface area contributed by atoms with E-state index in [9.17, 15) is 4.79 Å². The molecule has 3 heteroatoms. The zero-order chi connectivity index (χ0) is 16.1. The summed E-state index contributed by atoms with van der Waals surface area (Å²) < 4.78 is 5.58. The average Bonchev–Trinajstić information content (AvgIpc) is 2.56. The maximum absolute atomic E-state index is 12.0. The molecule has 1 N–H and O–H groups in total. The molecule has 0 heterocycles. The molecule has 0 aliphatic rings. The maximum atomic E-state index is 12.0. The molecule has 0 saturated carbocycles. The molecule has 0 atom stereocenters. The average molecular weight is 305 g/mol. The van der Waals surface area contributed by atoms with Crippen molar-refractivity contribution < 1.29 is 9.53 Å². The minimum absolute atomic E-state index is 0.0487. The van der Waals surface area contributed by atoms with Crippen molar-refractivity contribution in [3.8, 4) is 5.75 Å². The number of nitrogens with one attached hydrogen (secondary N) is 1. The van der Waals surface area contributed by atoms with E-state index in [-0.39, 0.29) is 5.91 Å². The largest absolute Gasteiger partial charge is 0.493 e. The second kappa shape index (κ2) is 6.97. The number of fused-ring (bicyclic) bond motifs is 1. The number of carbonyl (C=O) groups is 1. The Morgan fingerprint density at radius 1 is 0.957 bits per heavy atom. The normalized spacial score (nSPS) is 10.5. The summed E-state index contributed by atoms with van der Waals surface area (Å²) in [4.78, 5) is 12.0. The Hall–Kier alpha value is -2.81. The number of ether oxygens (including phenoxy) is 1. The van der Waals surface area contributed by atoms with Gasteiger partial charge in [0.1, 0.15) is 5.75 Å². The predicted molar refractivity (Wildman–Crippen MR) is 93.9 cm³/mol. The number of amides is 1. The molecule has 0 saturated heterocycles. The Morgan fingerprint density at radius 2 is 1.70 bits per heavy atom. The lowest BCUT2D eigenvalue weighted by atomic mass is 10.1. The molecule has 0 unspecified atom stereocenters. The van der Waals surface area contributed by atoms with Crippen LogP contribution in [0.3, 0.4) is 0 Å². The Morgan fingerprint density at radius 3 is 2.48 bits per heavy atom. The summed E-state index contributed by atoms with van der Waals surface area (Å²) in [5, 5.41) is 5.18. The predicted octanol–water partition coefficient (Wildman–Crippen LogP) is 4.56. The van der Waals surface area contributed by atoms with Crippen molar-refractivity contribution in [2.45, 2.75) is 13.3 Å². The molecular formula is C20H19NO2. The number of benzene rings is 3. The van der Waals surface area contributed by atoms with Gasteiger partial charge in [0, 0.05) is 5.69 Å². The van der Waals surface area contributed by atoms with Gasteiger partial charge in [0.25, 0.3) is 0 Å². The second-order valence-electron chi connectivity index (χ2n) is 5.52. The van der Waals surface area contributed by atoms with Crippen molar-refractivity contribution in [3.63, 3.8) is 0 Å². The Labute approximate surface area is 135 Å². The third-order valence-electron chi connectivity index (χ3n) is 3.65. The number of anilines is 1. The topological polar surface area (TPSA) is 38.3 Å². The van der Waals surface area contributed by atoms with Crippen LogP contribution in [0, 0.1) is 6.92 Å². The summed E-state index contributed by atoms with van der Waals surface area (Å²) in [5.74, 6) is 0.737. The van der Waals surface area contributed by atoms with Gasteiger partial charge in [0.05, 0.1) is 13.0 Å². The zero-order valence-electron chi connectivity index (χ0n) is 13.1. The summed E-state index contributed by atoms with van der Waals surface area (Å²) in [6.45, 7) is 2.39. The third-order valence-corrected chi connectivity index (χ3v) is 3.65. The number of hydrogen-bond donors (Lipinski definition) is 1.